The third kappa shape index (κ3) is 5.25. The fraction of sp³-hybridized carbons (Fsp3) is 0.462. The molecule has 0 aliphatic rings. The second-order valence-electron chi connectivity index (χ2n) is 4.26. The molecule has 0 spiro atoms. The fourth-order valence-corrected chi connectivity index (χ4v) is 2.14. The molecule has 1 amide bonds. The maximum Gasteiger partial charge on any atom is 0.221 e. The van der Waals surface area contributed by atoms with E-state index in [1.54, 1.807) is 12.1 Å². The van der Waals surface area contributed by atoms with Gasteiger partial charge in [-0.3, -0.25) is 4.79 Å². The lowest BCUT2D eigenvalue weighted by Gasteiger charge is -2.15. The zero-order valence-corrected chi connectivity index (χ0v) is 12.1. The smallest absolute Gasteiger partial charge is 0.221 e. The minimum absolute atomic E-state index is 0.0435. The van der Waals surface area contributed by atoms with Crippen LogP contribution in [0.3, 0.4) is 0 Å². The Bertz CT molecular complexity index is 410. The van der Waals surface area contributed by atoms with Crippen LogP contribution in [0.2, 0.25) is 10.0 Å². The Morgan fingerprint density at radius 2 is 2.11 bits per heavy atom. The Kier molecular flexibility index (Phi) is 6.47. The van der Waals surface area contributed by atoms with E-state index in [0.717, 1.165) is 5.56 Å². The Hall–Kier alpha value is -0.770. The van der Waals surface area contributed by atoms with Crippen LogP contribution in [0.4, 0.5) is 0 Å². The van der Waals surface area contributed by atoms with E-state index in [-0.39, 0.29) is 11.9 Å². The molecule has 0 bridgehead atoms. The van der Waals surface area contributed by atoms with Crippen LogP contribution in [0, 0.1) is 0 Å². The number of nitrogens with one attached hydrogen (secondary N) is 2. The SMILES string of the molecule is CNCCC(=O)NC(C)Cc1ccc(Cl)cc1Cl. The van der Waals surface area contributed by atoms with Gasteiger partial charge in [0, 0.05) is 29.1 Å². The van der Waals surface area contributed by atoms with Crippen molar-refractivity contribution in [3.05, 3.63) is 33.8 Å². The molecular weight excluding hydrogens is 271 g/mol. The molecule has 0 saturated carbocycles. The van der Waals surface area contributed by atoms with Gasteiger partial charge in [-0.05, 0) is 38.1 Å². The van der Waals surface area contributed by atoms with Gasteiger partial charge in [0.2, 0.25) is 5.91 Å². The molecule has 0 heterocycles. The van der Waals surface area contributed by atoms with Gasteiger partial charge in [-0.2, -0.15) is 0 Å². The van der Waals surface area contributed by atoms with Crippen molar-refractivity contribution in [3.8, 4) is 0 Å². The lowest BCUT2D eigenvalue weighted by atomic mass is 10.1. The average Bonchev–Trinajstić information content (AvgIpc) is 2.30. The van der Waals surface area contributed by atoms with Gasteiger partial charge in [-0.1, -0.05) is 29.3 Å². The monoisotopic (exact) mass is 288 g/mol. The molecule has 0 fully saturated rings. The number of hydrogen-bond donors (Lipinski definition) is 2. The molecule has 1 atom stereocenters. The third-order valence-corrected chi connectivity index (χ3v) is 3.14. The minimum atomic E-state index is 0.0435. The lowest BCUT2D eigenvalue weighted by molar-refractivity contribution is -0.121. The summed E-state index contributed by atoms with van der Waals surface area (Å²) in [5.41, 5.74) is 0.988. The van der Waals surface area contributed by atoms with Crippen LogP contribution in [0.5, 0.6) is 0 Å². The van der Waals surface area contributed by atoms with Gasteiger partial charge in [-0.15, -0.1) is 0 Å². The standard InChI is InChI=1S/C13H18Cl2N2O/c1-9(17-13(18)5-6-16-2)7-10-3-4-11(14)8-12(10)15/h3-4,8-9,16H,5-7H2,1-2H3,(H,17,18). The highest BCUT2D eigenvalue weighted by atomic mass is 35.5. The first-order chi connectivity index (χ1) is 8.52. The van der Waals surface area contributed by atoms with E-state index in [4.69, 9.17) is 23.2 Å². The van der Waals surface area contributed by atoms with Crippen LogP contribution >= 0.6 is 23.2 Å². The van der Waals surface area contributed by atoms with Crippen molar-refractivity contribution in [1.29, 1.82) is 0 Å². The summed E-state index contributed by atoms with van der Waals surface area (Å²) in [5, 5.41) is 7.13. The molecule has 0 radical (unpaired) electrons. The van der Waals surface area contributed by atoms with E-state index < -0.39 is 0 Å². The van der Waals surface area contributed by atoms with E-state index in [1.807, 2.05) is 20.0 Å². The maximum absolute atomic E-state index is 11.5. The summed E-state index contributed by atoms with van der Waals surface area (Å²) in [7, 11) is 1.82. The summed E-state index contributed by atoms with van der Waals surface area (Å²) in [5.74, 6) is 0.0435. The van der Waals surface area contributed by atoms with Crippen molar-refractivity contribution in [3.63, 3.8) is 0 Å². The molecule has 0 aliphatic heterocycles. The highest BCUT2D eigenvalue weighted by Crippen LogP contribution is 2.22. The molecule has 5 heteroatoms. The van der Waals surface area contributed by atoms with Gasteiger partial charge in [0.25, 0.3) is 0 Å². The average molecular weight is 289 g/mol. The van der Waals surface area contributed by atoms with E-state index in [0.29, 0.717) is 29.4 Å². The zero-order valence-electron chi connectivity index (χ0n) is 10.6. The fourth-order valence-electron chi connectivity index (χ4n) is 1.65. The van der Waals surface area contributed by atoms with Gasteiger partial charge in [0.05, 0.1) is 0 Å². The molecule has 0 saturated heterocycles. The zero-order chi connectivity index (χ0) is 13.5. The first-order valence-electron chi connectivity index (χ1n) is 5.91. The molecule has 18 heavy (non-hydrogen) atoms. The van der Waals surface area contributed by atoms with E-state index in [9.17, 15) is 4.79 Å². The topological polar surface area (TPSA) is 41.1 Å². The first-order valence-corrected chi connectivity index (χ1v) is 6.66. The van der Waals surface area contributed by atoms with E-state index in [2.05, 4.69) is 10.6 Å². The maximum atomic E-state index is 11.5. The molecule has 1 unspecified atom stereocenters. The van der Waals surface area contributed by atoms with Crippen molar-refractivity contribution in [2.75, 3.05) is 13.6 Å². The molecule has 1 aromatic rings. The number of benzene rings is 1. The highest BCUT2D eigenvalue weighted by molar-refractivity contribution is 6.35. The van der Waals surface area contributed by atoms with Crippen LogP contribution < -0.4 is 10.6 Å². The van der Waals surface area contributed by atoms with E-state index >= 15 is 0 Å². The number of hydrogen-bond acceptors (Lipinski definition) is 2. The summed E-state index contributed by atoms with van der Waals surface area (Å²) in [6.07, 6.45) is 1.18. The minimum Gasteiger partial charge on any atom is -0.353 e. The van der Waals surface area contributed by atoms with Crippen molar-refractivity contribution in [1.82, 2.24) is 10.6 Å². The van der Waals surface area contributed by atoms with Gasteiger partial charge in [0.15, 0.2) is 0 Å². The summed E-state index contributed by atoms with van der Waals surface area (Å²) in [6, 6.07) is 5.46. The number of amides is 1. The van der Waals surface area contributed by atoms with Crippen molar-refractivity contribution >= 4 is 29.1 Å². The van der Waals surface area contributed by atoms with Crippen molar-refractivity contribution in [2.45, 2.75) is 25.8 Å². The molecule has 0 aliphatic carbocycles. The number of halogens is 2. The second-order valence-corrected chi connectivity index (χ2v) is 5.11. The lowest BCUT2D eigenvalue weighted by Crippen LogP contribution is -2.35. The largest absolute Gasteiger partial charge is 0.353 e. The van der Waals surface area contributed by atoms with Crippen LogP contribution in [0.25, 0.3) is 0 Å². The second kappa shape index (κ2) is 7.62. The Balaban J connectivity index is 2.48. The molecular formula is C13H18Cl2N2O. The Morgan fingerprint density at radius 3 is 2.72 bits per heavy atom. The predicted octanol–water partition coefficient (Wildman–Crippen LogP) is 2.65. The van der Waals surface area contributed by atoms with E-state index in [1.165, 1.54) is 0 Å². The predicted molar refractivity (Wildman–Crippen MR) is 76.3 cm³/mol. The summed E-state index contributed by atoms with van der Waals surface area (Å²) in [6.45, 7) is 2.64. The quantitative estimate of drug-likeness (QED) is 0.845. The van der Waals surface area contributed by atoms with Crippen LogP contribution in [-0.4, -0.2) is 25.5 Å². The Morgan fingerprint density at radius 1 is 1.39 bits per heavy atom. The van der Waals surface area contributed by atoms with Crippen LogP contribution in [0.1, 0.15) is 18.9 Å². The van der Waals surface area contributed by atoms with Gasteiger partial charge in [-0.25, -0.2) is 0 Å². The van der Waals surface area contributed by atoms with Crippen LogP contribution in [0.15, 0.2) is 18.2 Å². The summed E-state index contributed by atoms with van der Waals surface area (Å²) in [4.78, 5) is 11.5. The summed E-state index contributed by atoms with van der Waals surface area (Å²) < 4.78 is 0. The third-order valence-electron chi connectivity index (χ3n) is 2.55. The number of carbonyl (C=O) groups excluding carboxylic acids is 1. The van der Waals surface area contributed by atoms with Crippen molar-refractivity contribution < 1.29 is 4.79 Å². The molecule has 1 aromatic carbocycles. The molecule has 0 aromatic heterocycles. The van der Waals surface area contributed by atoms with Gasteiger partial charge in [0.1, 0.15) is 0 Å². The summed E-state index contributed by atoms with van der Waals surface area (Å²) >= 11 is 11.9. The molecule has 3 nitrogen and oxygen atoms in total. The van der Waals surface area contributed by atoms with Gasteiger partial charge >= 0.3 is 0 Å². The van der Waals surface area contributed by atoms with Crippen molar-refractivity contribution in [2.24, 2.45) is 0 Å². The van der Waals surface area contributed by atoms with Gasteiger partial charge < -0.3 is 10.6 Å². The molecule has 100 valence electrons. The molecule has 1 rings (SSSR count). The number of rotatable bonds is 6. The first kappa shape index (κ1) is 15.3. The number of carbonyl (C=O) groups is 1. The molecule has 2 N–H and O–H groups in total. The van der Waals surface area contributed by atoms with Crippen LogP contribution in [-0.2, 0) is 11.2 Å². The highest BCUT2D eigenvalue weighted by Gasteiger charge is 2.10. The normalized spacial score (nSPS) is 12.2. The Labute approximate surface area is 118 Å².